The lowest BCUT2D eigenvalue weighted by molar-refractivity contribution is -0.120. The number of hydrogen-bond acceptors (Lipinski definition) is 2. The van der Waals surface area contributed by atoms with Crippen LogP contribution in [0.15, 0.2) is 109 Å². The van der Waals surface area contributed by atoms with Gasteiger partial charge in [-0.2, -0.15) is 0 Å². The van der Waals surface area contributed by atoms with Crippen molar-refractivity contribution in [2.75, 3.05) is 6.61 Å². The van der Waals surface area contributed by atoms with Gasteiger partial charge in [0.1, 0.15) is 12.4 Å². The van der Waals surface area contributed by atoms with E-state index in [0.717, 1.165) is 33.6 Å². The molecule has 0 aliphatic heterocycles. The third-order valence-corrected chi connectivity index (χ3v) is 5.89. The Kier molecular flexibility index (Phi) is 12.2. The topological polar surface area (TPSA) is 38.3 Å². The number of carbonyl (C=O) groups excluding carboxylic acids is 1. The summed E-state index contributed by atoms with van der Waals surface area (Å²) in [4.78, 5) is 13.1. The van der Waals surface area contributed by atoms with Crippen LogP contribution in [0, 0.1) is 13.8 Å². The van der Waals surface area contributed by atoms with Crippen LogP contribution in [0.25, 0.3) is 0 Å². The van der Waals surface area contributed by atoms with Crippen LogP contribution in [0.5, 0.6) is 5.75 Å². The molecule has 0 aromatic heterocycles. The summed E-state index contributed by atoms with van der Waals surface area (Å²) in [6.45, 7) is 16.6. The van der Waals surface area contributed by atoms with Crippen molar-refractivity contribution in [2.45, 2.75) is 54.0 Å². The van der Waals surface area contributed by atoms with E-state index in [1.165, 1.54) is 11.1 Å². The molecule has 3 aromatic carbocycles. The van der Waals surface area contributed by atoms with Crippen LogP contribution < -0.4 is 10.1 Å². The number of aryl methyl sites for hydroxylation is 2. The minimum atomic E-state index is -0.198. The smallest absolute Gasteiger partial charge is 0.225 e. The largest absolute Gasteiger partial charge is 0.489 e. The second-order valence-electron chi connectivity index (χ2n) is 8.88. The Labute approximate surface area is 223 Å². The number of nitrogens with one attached hydrogen (secondary N) is 1. The molecule has 0 spiro atoms. The maximum atomic E-state index is 13.1. The van der Waals surface area contributed by atoms with Gasteiger partial charge in [-0.1, -0.05) is 110 Å². The average molecular weight is 496 g/mol. The van der Waals surface area contributed by atoms with Crippen LogP contribution in [0.1, 0.15) is 61.6 Å². The predicted octanol–water partition coefficient (Wildman–Crippen LogP) is 8.24. The van der Waals surface area contributed by atoms with Crippen LogP contribution >= 0.6 is 0 Å². The Bertz CT molecular complexity index is 1200. The summed E-state index contributed by atoms with van der Waals surface area (Å²) in [7, 11) is 0. The van der Waals surface area contributed by atoms with Crippen molar-refractivity contribution < 1.29 is 9.53 Å². The standard InChI is InChI=1S/C32H35NO2.C2H6/c1-6-7-11-28(23(2)3)22-35-29-17-15-26(16-18-29)21-31(34)33-32(27-12-9-8-10-13-27)30-19-14-24(4)20-25(30)5;1-2/h6-20,32H,2,21-22H2,1,3-5H3,(H,33,34);1-2H3/b7-6-,28-11-;. The molecule has 0 aliphatic rings. The summed E-state index contributed by atoms with van der Waals surface area (Å²) < 4.78 is 5.93. The minimum Gasteiger partial charge on any atom is -0.489 e. The van der Waals surface area contributed by atoms with E-state index in [-0.39, 0.29) is 11.9 Å². The first kappa shape index (κ1) is 29.4. The second kappa shape index (κ2) is 15.3. The highest BCUT2D eigenvalue weighted by Crippen LogP contribution is 2.26. The van der Waals surface area contributed by atoms with Gasteiger partial charge in [0.25, 0.3) is 0 Å². The molecule has 0 saturated carbocycles. The second-order valence-corrected chi connectivity index (χ2v) is 8.88. The molecule has 3 rings (SSSR count). The van der Waals surface area contributed by atoms with E-state index in [4.69, 9.17) is 4.74 Å². The van der Waals surface area contributed by atoms with Crippen molar-refractivity contribution in [3.63, 3.8) is 0 Å². The van der Waals surface area contributed by atoms with Gasteiger partial charge in [0.2, 0.25) is 5.91 Å². The highest BCUT2D eigenvalue weighted by molar-refractivity contribution is 5.79. The molecule has 0 saturated heterocycles. The summed E-state index contributed by atoms with van der Waals surface area (Å²) in [5, 5.41) is 3.25. The van der Waals surface area contributed by atoms with Gasteiger partial charge in [-0.15, -0.1) is 0 Å². The van der Waals surface area contributed by atoms with Crippen LogP contribution in [0.4, 0.5) is 0 Å². The number of rotatable bonds is 10. The number of ether oxygens (including phenoxy) is 1. The Hall–Kier alpha value is -3.85. The molecule has 0 heterocycles. The maximum absolute atomic E-state index is 13.1. The minimum absolute atomic E-state index is 0.0219. The number of carbonyl (C=O) groups is 1. The molecule has 3 nitrogen and oxygen atoms in total. The molecular weight excluding hydrogens is 454 g/mol. The van der Waals surface area contributed by atoms with Gasteiger partial charge in [-0.3, -0.25) is 4.79 Å². The molecule has 3 aromatic rings. The molecule has 0 aliphatic carbocycles. The van der Waals surface area contributed by atoms with Gasteiger partial charge in [-0.25, -0.2) is 0 Å². The van der Waals surface area contributed by atoms with E-state index in [0.29, 0.717) is 13.0 Å². The molecule has 194 valence electrons. The Balaban J connectivity index is 0.00000235. The lowest BCUT2D eigenvalue weighted by Gasteiger charge is -2.22. The van der Waals surface area contributed by atoms with E-state index in [1.807, 2.05) is 88.4 Å². The predicted molar refractivity (Wildman–Crippen MR) is 157 cm³/mol. The van der Waals surface area contributed by atoms with Crippen molar-refractivity contribution in [1.82, 2.24) is 5.32 Å². The van der Waals surface area contributed by atoms with Crippen molar-refractivity contribution in [2.24, 2.45) is 0 Å². The lowest BCUT2D eigenvalue weighted by Crippen LogP contribution is -2.31. The van der Waals surface area contributed by atoms with E-state index in [2.05, 4.69) is 56.1 Å². The molecule has 0 bridgehead atoms. The number of hydrogen-bond donors (Lipinski definition) is 1. The van der Waals surface area contributed by atoms with Crippen molar-refractivity contribution in [3.8, 4) is 5.75 Å². The zero-order valence-corrected chi connectivity index (χ0v) is 23.2. The van der Waals surface area contributed by atoms with E-state index >= 15 is 0 Å². The van der Waals surface area contributed by atoms with Gasteiger partial charge in [0, 0.05) is 0 Å². The van der Waals surface area contributed by atoms with Crippen LogP contribution in [-0.2, 0) is 11.2 Å². The fraction of sp³-hybridized carbons (Fsp3) is 0.265. The monoisotopic (exact) mass is 495 g/mol. The Morgan fingerprint density at radius 1 is 1.00 bits per heavy atom. The van der Waals surface area contributed by atoms with Crippen molar-refractivity contribution >= 4 is 5.91 Å². The van der Waals surface area contributed by atoms with Crippen LogP contribution in [0.2, 0.25) is 0 Å². The summed E-state index contributed by atoms with van der Waals surface area (Å²) in [6, 6.07) is 24.0. The Morgan fingerprint density at radius 3 is 2.27 bits per heavy atom. The molecule has 3 heteroatoms. The fourth-order valence-electron chi connectivity index (χ4n) is 3.92. The summed E-state index contributed by atoms with van der Waals surface area (Å²) in [5.74, 6) is 0.741. The molecule has 1 atom stereocenters. The highest BCUT2D eigenvalue weighted by Gasteiger charge is 2.19. The molecular formula is C34H41NO2. The first-order valence-corrected chi connectivity index (χ1v) is 13.0. The summed E-state index contributed by atoms with van der Waals surface area (Å²) in [6.07, 6.45) is 6.27. The molecule has 0 fully saturated rings. The van der Waals surface area contributed by atoms with Gasteiger partial charge in [-0.05, 0) is 67.7 Å². The summed E-state index contributed by atoms with van der Waals surface area (Å²) >= 11 is 0. The number of allylic oxidation sites excluding steroid dienone is 3. The SMILES string of the molecule is C=C(C)/C(=C\C=C/C)COc1ccc(CC(=O)NC(c2ccccc2)c2ccc(C)cc2C)cc1.CC. The summed E-state index contributed by atoms with van der Waals surface area (Å²) in [5.41, 5.74) is 7.51. The zero-order chi connectivity index (χ0) is 27.2. The molecule has 1 N–H and O–H groups in total. The quantitative estimate of drug-likeness (QED) is 0.288. The normalized spacial score (nSPS) is 11.9. The Morgan fingerprint density at radius 2 is 1.68 bits per heavy atom. The third kappa shape index (κ3) is 9.27. The highest BCUT2D eigenvalue weighted by atomic mass is 16.5. The molecule has 1 amide bonds. The number of amides is 1. The molecule has 0 radical (unpaired) electrons. The van der Waals surface area contributed by atoms with E-state index in [1.54, 1.807) is 0 Å². The van der Waals surface area contributed by atoms with E-state index in [9.17, 15) is 4.79 Å². The van der Waals surface area contributed by atoms with Gasteiger partial charge >= 0.3 is 0 Å². The maximum Gasteiger partial charge on any atom is 0.225 e. The lowest BCUT2D eigenvalue weighted by atomic mass is 9.93. The third-order valence-electron chi connectivity index (χ3n) is 5.89. The van der Waals surface area contributed by atoms with Crippen molar-refractivity contribution in [1.29, 1.82) is 0 Å². The number of benzene rings is 3. The van der Waals surface area contributed by atoms with E-state index < -0.39 is 0 Å². The van der Waals surface area contributed by atoms with Crippen LogP contribution in [0.3, 0.4) is 0 Å². The van der Waals surface area contributed by atoms with Gasteiger partial charge in [0.05, 0.1) is 12.5 Å². The molecule has 1 unspecified atom stereocenters. The van der Waals surface area contributed by atoms with Gasteiger partial charge in [0.15, 0.2) is 0 Å². The van der Waals surface area contributed by atoms with Crippen molar-refractivity contribution in [3.05, 3.63) is 137 Å². The first-order chi connectivity index (χ1) is 17.9. The average Bonchev–Trinajstić information content (AvgIpc) is 2.90. The van der Waals surface area contributed by atoms with Crippen LogP contribution in [-0.4, -0.2) is 12.5 Å². The fourth-order valence-corrected chi connectivity index (χ4v) is 3.92. The molecule has 37 heavy (non-hydrogen) atoms. The zero-order valence-electron chi connectivity index (χ0n) is 23.2. The van der Waals surface area contributed by atoms with Gasteiger partial charge < -0.3 is 10.1 Å². The first-order valence-electron chi connectivity index (χ1n) is 13.0.